The van der Waals surface area contributed by atoms with Crippen molar-refractivity contribution < 1.29 is 9.47 Å². The van der Waals surface area contributed by atoms with Gasteiger partial charge in [0.1, 0.15) is 6.61 Å². The normalized spacial score (nSPS) is 11.2. The Balaban J connectivity index is 1.62. The second-order valence-corrected chi connectivity index (χ2v) is 7.10. The van der Waals surface area contributed by atoms with Gasteiger partial charge in [-0.2, -0.15) is 0 Å². The van der Waals surface area contributed by atoms with Crippen molar-refractivity contribution in [3.05, 3.63) is 102 Å². The maximum atomic E-state index is 5.97. The Morgan fingerprint density at radius 3 is 2.30 bits per heavy atom. The van der Waals surface area contributed by atoms with Crippen LogP contribution in [0.2, 0.25) is 0 Å². The molecule has 0 fully saturated rings. The molecule has 0 amide bonds. The van der Waals surface area contributed by atoms with Crippen LogP contribution in [0.4, 0.5) is 0 Å². The van der Waals surface area contributed by atoms with E-state index >= 15 is 0 Å². The molecule has 0 aliphatic rings. The van der Waals surface area contributed by atoms with Gasteiger partial charge in [0.25, 0.3) is 0 Å². The van der Waals surface area contributed by atoms with E-state index in [1.807, 2.05) is 48.5 Å². The highest BCUT2D eigenvalue weighted by atomic mass is 16.5. The van der Waals surface area contributed by atoms with Gasteiger partial charge in [-0.3, -0.25) is 4.90 Å². The van der Waals surface area contributed by atoms with Gasteiger partial charge in [-0.1, -0.05) is 78.9 Å². The number of hydrogen-bond acceptors (Lipinski definition) is 4. The van der Waals surface area contributed by atoms with Crippen LogP contribution >= 0.6 is 0 Å². The largest absolute Gasteiger partial charge is 0.493 e. The summed E-state index contributed by atoms with van der Waals surface area (Å²) in [4.78, 5) is 2.32. The van der Waals surface area contributed by atoms with E-state index in [1.165, 1.54) is 11.1 Å². The van der Waals surface area contributed by atoms with E-state index in [-0.39, 0.29) is 0 Å². The van der Waals surface area contributed by atoms with Gasteiger partial charge in [0.2, 0.25) is 0 Å². The van der Waals surface area contributed by atoms with Gasteiger partial charge in [-0.25, -0.2) is 0 Å². The van der Waals surface area contributed by atoms with Crippen molar-refractivity contribution in [1.82, 2.24) is 4.90 Å². The predicted octanol–water partition coefficient (Wildman–Crippen LogP) is 4.75. The van der Waals surface area contributed by atoms with Crippen molar-refractivity contribution in [3.8, 4) is 11.5 Å². The summed E-state index contributed by atoms with van der Waals surface area (Å²) in [5, 5.41) is 0. The summed E-state index contributed by atoms with van der Waals surface area (Å²) in [5.74, 6) is 1.50. The fourth-order valence-electron chi connectivity index (χ4n) is 3.24. The van der Waals surface area contributed by atoms with Crippen molar-refractivity contribution in [1.29, 1.82) is 0 Å². The Morgan fingerprint density at radius 1 is 0.867 bits per heavy atom. The van der Waals surface area contributed by atoms with Crippen molar-refractivity contribution in [3.63, 3.8) is 0 Å². The van der Waals surface area contributed by atoms with Gasteiger partial charge in [0.15, 0.2) is 11.5 Å². The van der Waals surface area contributed by atoms with E-state index in [4.69, 9.17) is 15.2 Å². The minimum absolute atomic E-state index is 0.514. The molecule has 30 heavy (non-hydrogen) atoms. The molecule has 0 bridgehead atoms. The number of hydrogen-bond donors (Lipinski definition) is 1. The topological polar surface area (TPSA) is 47.7 Å². The summed E-state index contributed by atoms with van der Waals surface area (Å²) in [5.41, 5.74) is 9.33. The molecule has 0 heterocycles. The lowest BCUT2D eigenvalue weighted by molar-refractivity contribution is 0.282. The smallest absolute Gasteiger partial charge is 0.161 e. The molecule has 2 N–H and O–H groups in total. The van der Waals surface area contributed by atoms with Gasteiger partial charge < -0.3 is 15.2 Å². The SMILES string of the molecule is COc1cc(CN(CC=Cc2ccccc2)CCN)ccc1OCc1ccccc1. The molecule has 0 saturated carbocycles. The summed E-state index contributed by atoms with van der Waals surface area (Å²) >= 11 is 0. The number of benzene rings is 3. The molecule has 4 nitrogen and oxygen atoms in total. The van der Waals surface area contributed by atoms with E-state index in [9.17, 15) is 0 Å². The maximum Gasteiger partial charge on any atom is 0.161 e. The minimum Gasteiger partial charge on any atom is -0.493 e. The molecule has 0 aliphatic carbocycles. The fraction of sp³-hybridized carbons (Fsp3) is 0.231. The Kier molecular flexibility index (Phi) is 8.51. The van der Waals surface area contributed by atoms with E-state index in [1.54, 1.807) is 7.11 Å². The summed E-state index contributed by atoms with van der Waals surface area (Å²) in [6.45, 7) is 3.59. The van der Waals surface area contributed by atoms with E-state index in [0.29, 0.717) is 13.2 Å². The molecular weight excluding hydrogens is 372 g/mol. The van der Waals surface area contributed by atoms with E-state index in [0.717, 1.165) is 36.7 Å². The first-order valence-corrected chi connectivity index (χ1v) is 10.3. The number of nitrogens with zero attached hydrogens (tertiary/aromatic N) is 1. The van der Waals surface area contributed by atoms with Crippen molar-refractivity contribution in [2.24, 2.45) is 5.73 Å². The standard InChI is InChI=1S/C26H30N2O2/c1-29-26-19-24(14-15-25(26)30-21-23-11-6-3-7-12-23)20-28(18-16-27)17-8-13-22-9-4-2-5-10-22/h2-15,19H,16-18,20-21,27H2,1H3. The zero-order valence-corrected chi connectivity index (χ0v) is 17.5. The first-order valence-electron chi connectivity index (χ1n) is 10.3. The average Bonchev–Trinajstić information content (AvgIpc) is 2.79. The number of methoxy groups -OCH3 is 1. The minimum atomic E-state index is 0.514. The highest BCUT2D eigenvalue weighted by molar-refractivity contribution is 5.48. The third-order valence-corrected chi connectivity index (χ3v) is 4.79. The van der Waals surface area contributed by atoms with Crippen LogP contribution in [0.5, 0.6) is 11.5 Å². The maximum absolute atomic E-state index is 5.97. The van der Waals surface area contributed by atoms with Crippen LogP contribution in [0.15, 0.2) is 84.9 Å². The second kappa shape index (κ2) is 11.8. The summed E-state index contributed by atoms with van der Waals surface area (Å²) < 4.78 is 11.5. The third kappa shape index (κ3) is 6.76. The van der Waals surface area contributed by atoms with Crippen LogP contribution in [-0.4, -0.2) is 31.6 Å². The average molecular weight is 403 g/mol. The number of rotatable bonds is 11. The van der Waals surface area contributed by atoms with Crippen LogP contribution in [0.25, 0.3) is 6.08 Å². The Labute approximate surface area is 179 Å². The first-order chi connectivity index (χ1) is 14.8. The summed E-state index contributed by atoms with van der Waals surface area (Å²) in [6, 6.07) is 26.6. The lowest BCUT2D eigenvalue weighted by atomic mass is 10.1. The molecule has 0 unspecified atom stereocenters. The zero-order chi connectivity index (χ0) is 21.0. The summed E-state index contributed by atoms with van der Waals surface area (Å²) in [7, 11) is 1.68. The highest BCUT2D eigenvalue weighted by Gasteiger charge is 2.09. The van der Waals surface area contributed by atoms with Crippen LogP contribution in [0.3, 0.4) is 0 Å². The lowest BCUT2D eigenvalue weighted by Crippen LogP contribution is -2.29. The highest BCUT2D eigenvalue weighted by Crippen LogP contribution is 2.29. The number of ether oxygens (including phenoxy) is 2. The first kappa shape index (κ1) is 21.6. The van der Waals surface area contributed by atoms with Gasteiger partial charge in [0.05, 0.1) is 7.11 Å². The van der Waals surface area contributed by atoms with Crippen LogP contribution in [-0.2, 0) is 13.2 Å². The molecule has 156 valence electrons. The Hall–Kier alpha value is -3.08. The lowest BCUT2D eigenvalue weighted by Gasteiger charge is -2.21. The molecular formula is C26H30N2O2. The molecule has 0 atom stereocenters. The van der Waals surface area contributed by atoms with Crippen molar-refractivity contribution >= 4 is 6.08 Å². The van der Waals surface area contributed by atoms with Gasteiger partial charge in [-0.15, -0.1) is 0 Å². The monoisotopic (exact) mass is 402 g/mol. The predicted molar refractivity (Wildman–Crippen MR) is 124 cm³/mol. The Morgan fingerprint density at radius 2 is 1.60 bits per heavy atom. The van der Waals surface area contributed by atoms with E-state index in [2.05, 4.69) is 47.4 Å². The molecule has 3 aromatic carbocycles. The van der Waals surface area contributed by atoms with Crippen molar-refractivity contribution in [2.75, 3.05) is 26.7 Å². The third-order valence-electron chi connectivity index (χ3n) is 4.79. The zero-order valence-electron chi connectivity index (χ0n) is 17.5. The van der Waals surface area contributed by atoms with Crippen LogP contribution in [0, 0.1) is 0 Å². The molecule has 3 rings (SSSR count). The Bertz CT molecular complexity index is 911. The van der Waals surface area contributed by atoms with Crippen LogP contribution in [0.1, 0.15) is 16.7 Å². The molecule has 3 aromatic rings. The molecule has 0 saturated heterocycles. The summed E-state index contributed by atoms with van der Waals surface area (Å²) in [6.07, 6.45) is 4.32. The molecule has 4 heteroatoms. The van der Waals surface area contributed by atoms with Crippen LogP contribution < -0.4 is 15.2 Å². The molecule has 0 aliphatic heterocycles. The van der Waals surface area contributed by atoms with Gasteiger partial charge in [0, 0.05) is 26.2 Å². The molecule has 0 aromatic heterocycles. The number of nitrogens with two attached hydrogens (primary N) is 1. The van der Waals surface area contributed by atoms with Gasteiger partial charge >= 0.3 is 0 Å². The van der Waals surface area contributed by atoms with E-state index < -0.39 is 0 Å². The molecule has 0 radical (unpaired) electrons. The molecule has 0 spiro atoms. The fourth-order valence-corrected chi connectivity index (χ4v) is 3.24. The van der Waals surface area contributed by atoms with Crippen molar-refractivity contribution in [2.45, 2.75) is 13.2 Å². The quantitative estimate of drug-likeness (QED) is 0.503. The van der Waals surface area contributed by atoms with Gasteiger partial charge in [-0.05, 0) is 28.8 Å². The second-order valence-electron chi connectivity index (χ2n) is 7.10.